The molecule has 2 atom stereocenters. The van der Waals surface area contributed by atoms with Crippen LogP contribution in [0.15, 0.2) is 18.2 Å². The quantitative estimate of drug-likeness (QED) is 0.746. The Bertz CT molecular complexity index is 590. The maximum atomic E-state index is 12.0. The van der Waals surface area contributed by atoms with Crippen molar-refractivity contribution in [3.63, 3.8) is 0 Å². The summed E-state index contributed by atoms with van der Waals surface area (Å²) in [5.41, 5.74) is 2.05. The third-order valence-electron chi connectivity index (χ3n) is 3.64. The molecule has 1 aromatic rings. The molecule has 0 radical (unpaired) electrons. The number of carbonyl (C=O) groups excluding carboxylic acids is 1. The molecule has 0 spiro atoms. The SMILES string of the molecule is C[C](=[W])NC[C@H]1CN(c2ccc3c(c2)CC(C)O3)C(=O)O1. The number of anilines is 1. The summed E-state index contributed by atoms with van der Waals surface area (Å²) in [5.74, 6) is 0.927. The molecule has 1 N–H and O–H groups in total. The van der Waals surface area contributed by atoms with E-state index in [2.05, 4.69) is 12.2 Å². The van der Waals surface area contributed by atoms with Crippen molar-refractivity contribution in [2.45, 2.75) is 32.5 Å². The molecule has 0 saturated carbocycles. The van der Waals surface area contributed by atoms with Crippen LogP contribution in [-0.2, 0) is 30.5 Å². The molecular formula is C15H18N2O3W. The van der Waals surface area contributed by atoms with Gasteiger partial charge in [0.05, 0.1) is 0 Å². The van der Waals surface area contributed by atoms with Gasteiger partial charge in [0.2, 0.25) is 0 Å². The first-order valence-corrected chi connectivity index (χ1v) is 8.52. The van der Waals surface area contributed by atoms with Crippen LogP contribution >= 0.6 is 0 Å². The Balaban J connectivity index is 1.71. The molecule has 0 aliphatic carbocycles. The number of cyclic esters (lactones) is 1. The second-order valence-electron chi connectivity index (χ2n) is 5.48. The summed E-state index contributed by atoms with van der Waals surface area (Å²) >= 11 is 1.40. The number of hydrogen-bond acceptors (Lipinski definition) is 4. The molecule has 112 valence electrons. The minimum atomic E-state index is -0.269. The van der Waals surface area contributed by atoms with Gasteiger partial charge in [-0.1, -0.05) is 0 Å². The third kappa shape index (κ3) is 3.19. The molecular weight excluding hydrogens is 440 g/mol. The molecule has 2 aliphatic heterocycles. The first kappa shape index (κ1) is 14.7. The number of hydrogen-bond donors (Lipinski definition) is 1. The van der Waals surface area contributed by atoms with Gasteiger partial charge in [0, 0.05) is 0 Å². The summed E-state index contributed by atoms with van der Waals surface area (Å²) in [5, 5.41) is 3.26. The Hall–Kier alpha value is -1.19. The first-order valence-electron chi connectivity index (χ1n) is 7.05. The average Bonchev–Trinajstić information content (AvgIpc) is 2.97. The standard InChI is InChI=1S/C15H18N2O3.W/c1-3-16-8-13-9-17(15(18)20-13)12-4-5-14-11(7-12)6-10(2)19-14;/h4-5,7,10,13,16H,6,8-9H2,1-2H3;/t10?,13-;/m0./s1. The summed E-state index contributed by atoms with van der Waals surface area (Å²) in [6.07, 6.45) is 0.734. The van der Waals surface area contributed by atoms with Crippen molar-refractivity contribution in [2.75, 3.05) is 18.0 Å². The molecule has 1 unspecified atom stereocenters. The molecule has 2 aliphatic rings. The van der Waals surface area contributed by atoms with Gasteiger partial charge in [0.25, 0.3) is 0 Å². The van der Waals surface area contributed by atoms with Gasteiger partial charge in [-0.2, -0.15) is 0 Å². The summed E-state index contributed by atoms with van der Waals surface area (Å²) < 4.78 is 12.3. The van der Waals surface area contributed by atoms with Crippen LogP contribution in [0.4, 0.5) is 10.5 Å². The summed E-state index contributed by atoms with van der Waals surface area (Å²) in [6.45, 7) is 5.34. The molecule has 1 saturated heterocycles. The van der Waals surface area contributed by atoms with Gasteiger partial charge in [-0.05, 0) is 0 Å². The van der Waals surface area contributed by atoms with E-state index < -0.39 is 0 Å². The Morgan fingerprint density at radius 2 is 2.29 bits per heavy atom. The van der Waals surface area contributed by atoms with Crippen LogP contribution in [-0.4, -0.2) is 35.4 Å². The van der Waals surface area contributed by atoms with Gasteiger partial charge in [-0.25, -0.2) is 0 Å². The fourth-order valence-corrected chi connectivity index (χ4v) is 2.97. The number of ether oxygens (including phenoxy) is 2. The van der Waals surface area contributed by atoms with E-state index in [1.165, 1.54) is 23.4 Å². The summed E-state index contributed by atoms with van der Waals surface area (Å²) in [6, 6.07) is 5.91. The molecule has 0 aromatic heterocycles. The fourth-order valence-electron chi connectivity index (χ4n) is 2.67. The van der Waals surface area contributed by atoms with E-state index >= 15 is 0 Å². The second kappa shape index (κ2) is 5.90. The van der Waals surface area contributed by atoms with Gasteiger partial charge >= 0.3 is 135 Å². The molecule has 21 heavy (non-hydrogen) atoms. The molecule has 6 heteroatoms. The Kier molecular flexibility index (Phi) is 4.14. The van der Waals surface area contributed by atoms with Crippen LogP contribution in [0.25, 0.3) is 0 Å². The van der Waals surface area contributed by atoms with Crippen molar-refractivity contribution in [3.05, 3.63) is 23.8 Å². The van der Waals surface area contributed by atoms with Crippen molar-refractivity contribution in [3.8, 4) is 5.75 Å². The van der Waals surface area contributed by atoms with Crippen LogP contribution in [0.1, 0.15) is 19.4 Å². The first-order chi connectivity index (χ1) is 10.0. The van der Waals surface area contributed by atoms with Gasteiger partial charge in [-0.15, -0.1) is 0 Å². The van der Waals surface area contributed by atoms with Gasteiger partial charge in [0.1, 0.15) is 0 Å². The van der Waals surface area contributed by atoms with Crippen LogP contribution in [0.3, 0.4) is 0 Å². The molecule has 5 nitrogen and oxygen atoms in total. The fraction of sp³-hybridized carbons (Fsp3) is 0.467. The van der Waals surface area contributed by atoms with E-state index in [0.717, 1.165) is 23.4 Å². The molecule has 1 aromatic carbocycles. The van der Waals surface area contributed by atoms with Crippen molar-refractivity contribution in [2.24, 2.45) is 0 Å². The van der Waals surface area contributed by atoms with E-state index in [-0.39, 0.29) is 18.3 Å². The third-order valence-corrected chi connectivity index (χ3v) is 4.16. The van der Waals surface area contributed by atoms with Crippen LogP contribution in [0.5, 0.6) is 5.75 Å². The van der Waals surface area contributed by atoms with Crippen molar-refractivity contribution >= 4 is 15.8 Å². The molecule has 0 bridgehead atoms. The van der Waals surface area contributed by atoms with E-state index in [0.29, 0.717) is 13.1 Å². The Morgan fingerprint density at radius 1 is 1.48 bits per heavy atom. The maximum absolute atomic E-state index is 12.0. The number of benzene rings is 1. The van der Waals surface area contributed by atoms with E-state index in [1.807, 2.05) is 25.1 Å². The molecule has 1 amide bonds. The topological polar surface area (TPSA) is 50.8 Å². The number of amides is 1. The number of fused-ring (bicyclic) bond motifs is 1. The Morgan fingerprint density at radius 3 is 3.05 bits per heavy atom. The number of rotatable bonds is 4. The van der Waals surface area contributed by atoms with Crippen molar-refractivity contribution < 1.29 is 33.6 Å². The zero-order valence-corrected chi connectivity index (χ0v) is 15.0. The van der Waals surface area contributed by atoms with Gasteiger partial charge in [0.15, 0.2) is 0 Å². The van der Waals surface area contributed by atoms with E-state index in [4.69, 9.17) is 9.47 Å². The Labute approximate surface area is 135 Å². The second-order valence-corrected chi connectivity index (χ2v) is 7.68. The number of carbonyl (C=O) groups is 1. The van der Waals surface area contributed by atoms with Crippen molar-refractivity contribution in [1.82, 2.24) is 5.32 Å². The monoisotopic (exact) mass is 458 g/mol. The zero-order valence-electron chi connectivity index (χ0n) is 12.1. The average molecular weight is 458 g/mol. The normalized spacial score (nSPS) is 23.7. The van der Waals surface area contributed by atoms with Crippen LogP contribution in [0.2, 0.25) is 0 Å². The van der Waals surface area contributed by atoms with Crippen LogP contribution in [0, 0.1) is 0 Å². The molecule has 2 heterocycles. The van der Waals surface area contributed by atoms with Gasteiger partial charge in [-0.3, -0.25) is 0 Å². The van der Waals surface area contributed by atoms with E-state index in [1.54, 1.807) is 4.90 Å². The minimum absolute atomic E-state index is 0.102. The number of nitrogens with zero attached hydrogens (tertiary/aromatic N) is 1. The predicted molar refractivity (Wildman–Crippen MR) is 76.5 cm³/mol. The molecule has 3 rings (SSSR count). The zero-order chi connectivity index (χ0) is 15.0. The molecule has 1 fully saturated rings. The van der Waals surface area contributed by atoms with Gasteiger partial charge < -0.3 is 0 Å². The van der Waals surface area contributed by atoms with E-state index in [9.17, 15) is 4.79 Å². The van der Waals surface area contributed by atoms with Crippen LogP contribution < -0.4 is 15.0 Å². The predicted octanol–water partition coefficient (Wildman–Crippen LogP) is 1.62. The van der Waals surface area contributed by atoms with Crippen molar-refractivity contribution in [1.29, 1.82) is 0 Å². The summed E-state index contributed by atoms with van der Waals surface area (Å²) in [7, 11) is 0. The summed E-state index contributed by atoms with van der Waals surface area (Å²) in [4.78, 5) is 13.7. The number of nitrogens with one attached hydrogen (secondary N) is 1.